The zero-order valence-corrected chi connectivity index (χ0v) is 11.5. The molecule has 2 N–H and O–H groups in total. The molecule has 6 nitrogen and oxygen atoms in total. The van der Waals surface area contributed by atoms with Gasteiger partial charge < -0.3 is 15.2 Å². The fraction of sp³-hybridized carbons (Fsp3) is 0.500. The number of aromatic nitrogens is 1. The van der Waals surface area contributed by atoms with Crippen molar-refractivity contribution in [1.29, 1.82) is 0 Å². The molecule has 1 aromatic rings. The first-order chi connectivity index (χ1) is 9.47. The third-order valence-corrected chi connectivity index (χ3v) is 3.94. The third-order valence-electron chi connectivity index (χ3n) is 3.94. The molecule has 0 amide bonds. The molecule has 0 bridgehead atoms. The summed E-state index contributed by atoms with van der Waals surface area (Å²) in [6.45, 7) is 1.75. The van der Waals surface area contributed by atoms with Gasteiger partial charge in [-0.15, -0.1) is 0 Å². The molecule has 1 saturated carbocycles. The molecule has 1 aromatic heterocycles. The molecule has 2 atom stereocenters. The van der Waals surface area contributed by atoms with Crippen LogP contribution in [0.15, 0.2) is 18.3 Å². The highest BCUT2D eigenvalue weighted by atomic mass is 16.5. The van der Waals surface area contributed by atoms with Gasteiger partial charge in [0.1, 0.15) is 5.69 Å². The Morgan fingerprint density at radius 2 is 2.30 bits per heavy atom. The molecule has 0 aliphatic heterocycles. The average molecular weight is 278 g/mol. The Labute approximate surface area is 117 Å². The topological polar surface area (TPSA) is 88.5 Å². The minimum atomic E-state index is -0.797. The zero-order valence-electron chi connectivity index (χ0n) is 11.5. The van der Waals surface area contributed by atoms with Gasteiger partial charge in [0.25, 0.3) is 0 Å². The van der Waals surface area contributed by atoms with Gasteiger partial charge in [-0.2, -0.15) is 0 Å². The lowest BCUT2D eigenvalue weighted by Gasteiger charge is -2.28. The number of aliphatic carboxylic acids is 1. The molecule has 0 saturated heterocycles. The zero-order chi connectivity index (χ0) is 14.8. The summed E-state index contributed by atoms with van der Waals surface area (Å²) in [4.78, 5) is 26.8. The molecule has 1 aliphatic rings. The van der Waals surface area contributed by atoms with Crippen LogP contribution in [-0.4, -0.2) is 35.2 Å². The summed E-state index contributed by atoms with van der Waals surface area (Å²) < 4.78 is 4.62. The van der Waals surface area contributed by atoms with Crippen LogP contribution in [0.5, 0.6) is 0 Å². The van der Waals surface area contributed by atoms with Crippen LogP contribution in [0, 0.1) is 5.41 Å². The first-order valence-corrected chi connectivity index (χ1v) is 6.51. The number of nitrogens with zero attached hydrogens (tertiary/aromatic N) is 1. The van der Waals surface area contributed by atoms with E-state index in [-0.39, 0.29) is 11.7 Å². The van der Waals surface area contributed by atoms with Gasteiger partial charge in [-0.1, -0.05) is 6.42 Å². The van der Waals surface area contributed by atoms with E-state index in [2.05, 4.69) is 15.0 Å². The van der Waals surface area contributed by atoms with Gasteiger partial charge in [-0.3, -0.25) is 4.79 Å². The normalized spacial score (nSPS) is 25.2. The molecule has 1 heterocycles. The smallest absolute Gasteiger partial charge is 0.356 e. The minimum Gasteiger partial charge on any atom is -0.481 e. The second-order valence-corrected chi connectivity index (χ2v) is 5.23. The Kier molecular flexibility index (Phi) is 3.92. The highest BCUT2D eigenvalue weighted by molar-refractivity contribution is 5.88. The number of carboxylic acids is 1. The number of ether oxygens (including phenoxy) is 1. The van der Waals surface area contributed by atoms with Crippen LogP contribution in [0.3, 0.4) is 0 Å². The van der Waals surface area contributed by atoms with Crippen molar-refractivity contribution in [2.75, 3.05) is 12.4 Å². The van der Waals surface area contributed by atoms with E-state index in [1.807, 2.05) is 0 Å². The van der Waals surface area contributed by atoms with Crippen molar-refractivity contribution in [3.8, 4) is 0 Å². The number of hydrogen-bond donors (Lipinski definition) is 2. The Hall–Kier alpha value is -2.11. The number of carboxylic acid groups (broad SMARTS) is 1. The summed E-state index contributed by atoms with van der Waals surface area (Å²) in [6.07, 6.45) is 3.81. The van der Waals surface area contributed by atoms with E-state index < -0.39 is 17.4 Å². The Bertz CT molecular complexity index is 532. The maximum atomic E-state index is 11.4. The summed E-state index contributed by atoms with van der Waals surface area (Å²) in [5.74, 6) is -1.31. The summed E-state index contributed by atoms with van der Waals surface area (Å²) in [5, 5.41) is 12.6. The number of pyridine rings is 1. The Morgan fingerprint density at radius 3 is 2.95 bits per heavy atom. The molecule has 1 aliphatic carbocycles. The number of rotatable bonds is 4. The fourth-order valence-corrected chi connectivity index (χ4v) is 2.59. The second-order valence-electron chi connectivity index (χ2n) is 5.23. The predicted octanol–water partition coefficient (Wildman–Crippen LogP) is 1.92. The lowest BCUT2D eigenvalue weighted by Crippen LogP contribution is -2.40. The summed E-state index contributed by atoms with van der Waals surface area (Å²) in [5.41, 5.74) is 0.0987. The van der Waals surface area contributed by atoms with Crippen molar-refractivity contribution in [1.82, 2.24) is 4.98 Å². The van der Waals surface area contributed by atoms with Gasteiger partial charge in [0, 0.05) is 17.9 Å². The minimum absolute atomic E-state index is 0.159. The summed E-state index contributed by atoms with van der Waals surface area (Å²) >= 11 is 0. The molecular formula is C14H18N2O4. The molecule has 6 heteroatoms. The van der Waals surface area contributed by atoms with E-state index in [0.29, 0.717) is 12.1 Å². The molecule has 2 rings (SSSR count). The predicted molar refractivity (Wildman–Crippen MR) is 72.6 cm³/mol. The standard InChI is InChI=1S/C14H18N2O4/c1-14(13(18)19)6-3-4-11(14)16-9-5-7-15-10(8-9)12(17)20-2/h5,7-8,11H,3-4,6H2,1-2H3,(H,15,16)(H,18,19). The summed E-state index contributed by atoms with van der Waals surface area (Å²) in [7, 11) is 1.29. The quantitative estimate of drug-likeness (QED) is 0.818. The average Bonchev–Trinajstić information content (AvgIpc) is 2.81. The molecule has 0 radical (unpaired) electrons. The van der Waals surface area contributed by atoms with E-state index >= 15 is 0 Å². The van der Waals surface area contributed by atoms with E-state index in [1.165, 1.54) is 13.3 Å². The van der Waals surface area contributed by atoms with Crippen molar-refractivity contribution in [2.45, 2.75) is 32.2 Å². The first-order valence-electron chi connectivity index (χ1n) is 6.51. The van der Waals surface area contributed by atoms with Crippen LogP contribution in [0.2, 0.25) is 0 Å². The molecular weight excluding hydrogens is 260 g/mol. The number of nitrogens with one attached hydrogen (secondary N) is 1. The second kappa shape index (κ2) is 5.48. The Balaban J connectivity index is 2.18. The van der Waals surface area contributed by atoms with E-state index in [4.69, 9.17) is 0 Å². The van der Waals surface area contributed by atoms with Crippen LogP contribution in [-0.2, 0) is 9.53 Å². The maximum Gasteiger partial charge on any atom is 0.356 e. The van der Waals surface area contributed by atoms with Gasteiger partial charge in [0.15, 0.2) is 0 Å². The molecule has 20 heavy (non-hydrogen) atoms. The monoisotopic (exact) mass is 278 g/mol. The number of methoxy groups -OCH3 is 1. The molecule has 0 spiro atoms. The maximum absolute atomic E-state index is 11.4. The summed E-state index contributed by atoms with van der Waals surface area (Å²) in [6, 6.07) is 3.13. The van der Waals surface area contributed by atoms with Crippen molar-refractivity contribution < 1.29 is 19.4 Å². The van der Waals surface area contributed by atoms with Gasteiger partial charge >= 0.3 is 11.9 Å². The number of carbonyl (C=O) groups is 2. The molecule has 108 valence electrons. The highest BCUT2D eigenvalue weighted by Gasteiger charge is 2.45. The lowest BCUT2D eigenvalue weighted by molar-refractivity contribution is -0.147. The van der Waals surface area contributed by atoms with Crippen LogP contribution in [0.1, 0.15) is 36.7 Å². The van der Waals surface area contributed by atoms with Gasteiger partial charge in [0.2, 0.25) is 0 Å². The van der Waals surface area contributed by atoms with Crippen molar-refractivity contribution in [3.05, 3.63) is 24.0 Å². The third kappa shape index (κ3) is 2.59. The number of carbonyl (C=O) groups excluding carboxylic acids is 1. The molecule has 0 aromatic carbocycles. The van der Waals surface area contributed by atoms with Crippen molar-refractivity contribution in [2.24, 2.45) is 5.41 Å². The van der Waals surface area contributed by atoms with E-state index in [9.17, 15) is 14.7 Å². The van der Waals surface area contributed by atoms with Crippen molar-refractivity contribution >= 4 is 17.6 Å². The highest BCUT2D eigenvalue weighted by Crippen LogP contribution is 2.39. The van der Waals surface area contributed by atoms with Crippen LogP contribution in [0.25, 0.3) is 0 Å². The van der Waals surface area contributed by atoms with Gasteiger partial charge in [-0.25, -0.2) is 9.78 Å². The van der Waals surface area contributed by atoms with Crippen LogP contribution >= 0.6 is 0 Å². The van der Waals surface area contributed by atoms with Gasteiger partial charge in [0.05, 0.1) is 12.5 Å². The number of hydrogen-bond acceptors (Lipinski definition) is 5. The molecule has 2 unspecified atom stereocenters. The van der Waals surface area contributed by atoms with Crippen molar-refractivity contribution in [3.63, 3.8) is 0 Å². The van der Waals surface area contributed by atoms with E-state index in [1.54, 1.807) is 19.1 Å². The fourth-order valence-electron chi connectivity index (χ4n) is 2.59. The van der Waals surface area contributed by atoms with Gasteiger partial charge in [-0.05, 0) is 31.9 Å². The van der Waals surface area contributed by atoms with E-state index in [0.717, 1.165) is 12.8 Å². The Morgan fingerprint density at radius 1 is 1.55 bits per heavy atom. The lowest BCUT2D eigenvalue weighted by atomic mass is 9.85. The molecule has 1 fully saturated rings. The largest absolute Gasteiger partial charge is 0.481 e. The number of anilines is 1. The number of esters is 1. The SMILES string of the molecule is COC(=O)c1cc(NC2CCCC2(C)C(=O)O)ccn1. The first kappa shape index (κ1) is 14.3. The van der Waals surface area contributed by atoms with Crippen LogP contribution < -0.4 is 5.32 Å². The van der Waals surface area contributed by atoms with Crippen LogP contribution in [0.4, 0.5) is 5.69 Å².